The minimum absolute atomic E-state index is 0.113. The molecule has 0 aliphatic rings. The van der Waals surface area contributed by atoms with Crippen LogP contribution >= 0.6 is 0 Å². The molecule has 8 nitrogen and oxygen atoms in total. The molecule has 0 saturated heterocycles. The summed E-state index contributed by atoms with van der Waals surface area (Å²) in [5.41, 5.74) is -2.45. The number of aliphatic hydroxyl groups is 2. The van der Waals surface area contributed by atoms with Crippen LogP contribution < -0.4 is 0 Å². The van der Waals surface area contributed by atoms with E-state index in [-0.39, 0.29) is 13.2 Å². The van der Waals surface area contributed by atoms with Crippen molar-refractivity contribution >= 4 is 17.9 Å². The quantitative estimate of drug-likeness (QED) is 0.239. The summed E-state index contributed by atoms with van der Waals surface area (Å²) in [5.74, 6) is -3.15. The van der Waals surface area contributed by atoms with Gasteiger partial charge in [-0.2, -0.15) is 0 Å². The Labute approximate surface area is 121 Å². The summed E-state index contributed by atoms with van der Waals surface area (Å²) in [7, 11) is 0. The van der Waals surface area contributed by atoms with Crippen LogP contribution in [-0.2, 0) is 28.6 Å². The summed E-state index contributed by atoms with van der Waals surface area (Å²) in [5, 5.41) is 18.7. The molecule has 1 atom stereocenters. The van der Waals surface area contributed by atoms with Gasteiger partial charge in [0.15, 0.2) is 5.60 Å². The fourth-order valence-electron chi connectivity index (χ4n) is 1.29. The number of rotatable bonds is 10. The highest BCUT2D eigenvalue weighted by Gasteiger charge is 2.43. The molecule has 8 heteroatoms. The zero-order valence-corrected chi connectivity index (χ0v) is 11.4. The lowest BCUT2D eigenvalue weighted by atomic mass is 9.95. The van der Waals surface area contributed by atoms with Gasteiger partial charge in [0.25, 0.3) is 0 Å². The van der Waals surface area contributed by atoms with E-state index in [0.717, 1.165) is 6.26 Å². The third kappa shape index (κ3) is 7.23. The molecule has 1 unspecified atom stereocenters. The first-order valence-electron chi connectivity index (χ1n) is 5.97. The van der Waals surface area contributed by atoms with Gasteiger partial charge in [0.05, 0.1) is 25.7 Å². The molecule has 0 amide bonds. The van der Waals surface area contributed by atoms with Crippen LogP contribution in [0.25, 0.3) is 0 Å². The van der Waals surface area contributed by atoms with E-state index in [1.54, 1.807) is 0 Å². The summed E-state index contributed by atoms with van der Waals surface area (Å²) >= 11 is 0. The number of aliphatic hydroxyl groups excluding tert-OH is 1. The predicted molar refractivity (Wildman–Crippen MR) is 69.7 cm³/mol. The molecule has 0 aromatic heterocycles. The van der Waals surface area contributed by atoms with E-state index in [1.165, 1.54) is 6.08 Å². The van der Waals surface area contributed by atoms with Crippen molar-refractivity contribution in [1.82, 2.24) is 0 Å². The van der Waals surface area contributed by atoms with E-state index >= 15 is 0 Å². The van der Waals surface area contributed by atoms with Crippen LogP contribution in [0, 0.1) is 0 Å². The van der Waals surface area contributed by atoms with Crippen LogP contribution in [0.5, 0.6) is 0 Å². The monoisotopic (exact) mass is 302 g/mol. The second kappa shape index (κ2) is 9.67. The van der Waals surface area contributed by atoms with Gasteiger partial charge in [-0.05, 0) is 0 Å². The van der Waals surface area contributed by atoms with Crippen LogP contribution in [0.15, 0.2) is 25.5 Å². The fourth-order valence-corrected chi connectivity index (χ4v) is 1.29. The van der Waals surface area contributed by atoms with Crippen LogP contribution in [0.3, 0.4) is 0 Å². The Balaban J connectivity index is 4.91. The molecule has 0 aliphatic heterocycles. The Hall–Kier alpha value is -2.19. The van der Waals surface area contributed by atoms with E-state index in [2.05, 4.69) is 27.4 Å². The average Bonchev–Trinajstić information content (AvgIpc) is 2.42. The number of esters is 3. The highest BCUT2D eigenvalue weighted by Crippen LogP contribution is 2.19. The Morgan fingerprint density at radius 3 is 2.24 bits per heavy atom. The van der Waals surface area contributed by atoms with Gasteiger partial charge < -0.3 is 24.4 Å². The molecular formula is C13H18O8. The highest BCUT2D eigenvalue weighted by atomic mass is 16.6. The van der Waals surface area contributed by atoms with Gasteiger partial charge in [-0.15, -0.1) is 0 Å². The van der Waals surface area contributed by atoms with E-state index in [4.69, 9.17) is 5.11 Å². The first-order chi connectivity index (χ1) is 9.89. The highest BCUT2D eigenvalue weighted by molar-refractivity contribution is 5.90. The maximum atomic E-state index is 11.7. The van der Waals surface area contributed by atoms with Gasteiger partial charge in [-0.1, -0.05) is 19.2 Å². The van der Waals surface area contributed by atoms with Crippen molar-refractivity contribution in [3.8, 4) is 0 Å². The molecule has 0 bridgehead atoms. The lowest BCUT2D eigenvalue weighted by molar-refractivity contribution is -0.177. The molecule has 0 radical (unpaired) electrons. The first kappa shape index (κ1) is 18.8. The Bertz CT molecular complexity index is 403. The van der Waals surface area contributed by atoms with Crippen molar-refractivity contribution in [2.45, 2.75) is 18.4 Å². The van der Waals surface area contributed by atoms with Crippen LogP contribution in [0.4, 0.5) is 0 Å². The SMILES string of the molecule is C=CCOC(=O)CC(O)(CC(=O)OC=C)C(=O)OCCO. The van der Waals surface area contributed by atoms with Crippen molar-refractivity contribution in [3.63, 3.8) is 0 Å². The van der Waals surface area contributed by atoms with E-state index < -0.39 is 43.0 Å². The van der Waals surface area contributed by atoms with Gasteiger partial charge in [0.2, 0.25) is 0 Å². The molecule has 21 heavy (non-hydrogen) atoms. The lowest BCUT2D eigenvalue weighted by Gasteiger charge is -2.23. The molecule has 0 aromatic rings. The molecule has 0 aliphatic carbocycles. The zero-order valence-electron chi connectivity index (χ0n) is 11.4. The van der Waals surface area contributed by atoms with Gasteiger partial charge in [-0.3, -0.25) is 9.59 Å². The number of hydrogen-bond acceptors (Lipinski definition) is 8. The molecule has 2 N–H and O–H groups in total. The smallest absolute Gasteiger partial charge is 0.339 e. The third-order valence-corrected chi connectivity index (χ3v) is 2.15. The van der Waals surface area contributed by atoms with Crippen molar-refractivity contribution in [2.24, 2.45) is 0 Å². The van der Waals surface area contributed by atoms with Crippen molar-refractivity contribution in [3.05, 3.63) is 25.5 Å². The lowest BCUT2D eigenvalue weighted by Crippen LogP contribution is -2.45. The zero-order chi connectivity index (χ0) is 16.3. The average molecular weight is 302 g/mol. The van der Waals surface area contributed by atoms with Crippen molar-refractivity contribution < 1.29 is 38.8 Å². The second-order valence-corrected chi connectivity index (χ2v) is 3.87. The van der Waals surface area contributed by atoms with Crippen LogP contribution in [-0.4, -0.2) is 53.5 Å². The topological polar surface area (TPSA) is 119 Å². The minimum Gasteiger partial charge on any atom is -0.461 e. The summed E-state index contributed by atoms with van der Waals surface area (Å²) in [6.07, 6.45) is 0.481. The summed E-state index contributed by atoms with van der Waals surface area (Å²) in [6, 6.07) is 0. The standard InChI is InChI=1S/C13H18O8/c1-3-6-20-11(16)9-13(18,8-10(15)19-4-2)12(17)21-7-5-14/h3-4,14,18H,1-2,5-9H2. The Kier molecular flexibility index (Phi) is 8.66. The molecule has 0 rings (SSSR count). The molecule has 0 aromatic carbocycles. The number of ether oxygens (including phenoxy) is 3. The normalized spacial score (nSPS) is 12.7. The van der Waals surface area contributed by atoms with Gasteiger partial charge in [0.1, 0.15) is 13.2 Å². The molecule has 0 spiro atoms. The van der Waals surface area contributed by atoms with E-state index in [0.29, 0.717) is 0 Å². The predicted octanol–water partition coefficient (Wildman–Crippen LogP) is -0.551. The summed E-state index contributed by atoms with van der Waals surface area (Å²) in [4.78, 5) is 34.6. The third-order valence-electron chi connectivity index (χ3n) is 2.15. The van der Waals surface area contributed by atoms with Gasteiger partial charge in [0, 0.05) is 0 Å². The number of carbonyl (C=O) groups is 3. The fraction of sp³-hybridized carbons (Fsp3) is 0.462. The van der Waals surface area contributed by atoms with E-state index in [1.807, 2.05) is 0 Å². The summed E-state index contributed by atoms with van der Waals surface area (Å²) in [6.45, 7) is 5.51. The Morgan fingerprint density at radius 2 is 1.71 bits per heavy atom. The minimum atomic E-state index is -2.45. The molecular weight excluding hydrogens is 284 g/mol. The maximum absolute atomic E-state index is 11.7. The van der Waals surface area contributed by atoms with E-state index in [9.17, 15) is 19.5 Å². The van der Waals surface area contributed by atoms with Crippen molar-refractivity contribution in [1.29, 1.82) is 0 Å². The number of hydrogen-bond donors (Lipinski definition) is 2. The molecule has 118 valence electrons. The van der Waals surface area contributed by atoms with Gasteiger partial charge in [-0.25, -0.2) is 4.79 Å². The molecule has 0 heterocycles. The maximum Gasteiger partial charge on any atom is 0.339 e. The second-order valence-electron chi connectivity index (χ2n) is 3.87. The molecule has 0 fully saturated rings. The largest absolute Gasteiger partial charge is 0.461 e. The van der Waals surface area contributed by atoms with Crippen LogP contribution in [0.2, 0.25) is 0 Å². The first-order valence-corrected chi connectivity index (χ1v) is 5.97. The summed E-state index contributed by atoms with van der Waals surface area (Å²) < 4.78 is 13.6. The molecule has 0 saturated carbocycles. The van der Waals surface area contributed by atoms with Gasteiger partial charge >= 0.3 is 17.9 Å². The van der Waals surface area contributed by atoms with Crippen LogP contribution in [0.1, 0.15) is 12.8 Å². The number of carbonyl (C=O) groups excluding carboxylic acids is 3. The Morgan fingerprint density at radius 1 is 1.10 bits per heavy atom. The van der Waals surface area contributed by atoms with Crippen molar-refractivity contribution in [2.75, 3.05) is 19.8 Å².